The smallest absolute Gasteiger partial charge is 0.326 e. The second-order valence-corrected chi connectivity index (χ2v) is 10.7. The lowest BCUT2D eigenvalue weighted by Crippen LogP contribution is -2.49. The fraction of sp³-hybridized carbons (Fsp3) is 0.375. The van der Waals surface area contributed by atoms with Gasteiger partial charge in [-0.25, -0.2) is 13.2 Å². The van der Waals surface area contributed by atoms with Crippen LogP contribution in [-0.4, -0.2) is 80.4 Å². The molecular formula is C24H27N3O6S. The largest absolute Gasteiger partial charge is 0.383 e. The lowest BCUT2D eigenvalue weighted by Gasteiger charge is -2.30. The average Bonchev–Trinajstić information content (AvgIpc) is 3.32. The molecule has 0 unspecified atom stereocenters. The number of methoxy groups -OCH3 is 1. The summed E-state index contributed by atoms with van der Waals surface area (Å²) < 4.78 is 29.1. The lowest BCUT2D eigenvalue weighted by atomic mass is 9.82. The van der Waals surface area contributed by atoms with E-state index in [0.717, 1.165) is 4.90 Å². The summed E-state index contributed by atoms with van der Waals surface area (Å²) in [5.41, 5.74) is -0.311. The molecule has 2 fully saturated rings. The topological polar surface area (TPSA) is 113 Å². The maximum Gasteiger partial charge on any atom is 0.326 e. The van der Waals surface area contributed by atoms with Crippen molar-refractivity contribution in [2.24, 2.45) is 0 Å². The van der Waals surface area contributed by atoms with E-state index in [1.54, 1.807) is 48.5 Å². The van der Waals surface area contributed by atoms with Crippen molar-refractivity contribution >= 4 is 27.7 Å². The van der Waals surface area contributed by atoms with Crippen LogP contribution in [0.3, 0.4) is 0 Å². The highest BCUT2D eigenvalue weighted by Gasteiger charge is 2.54. The number of carbonyl (C=O) groups excluding carboxylic acids is 3. The molecule has 4 amide bonds. The molecule has 0 bridgehead atoms. The van der Waals surface area contributed by atoms with E-state index in [-0.39, 0.29) is 24.7 Å². The monoisotopic (exact) mass is 485 g/mol. The zero-order valence-corrected chi connectivity index (χ0v) is 19.7. The van der Waals surface area contributed by atoms with Crippen LogP contribution in [0, 0.1) is 0 Å². The molecule has 2 aliphatic heterocycles. The standard InChI is InChI=1S/C24H27N3O6S/c1-33-14-13-26(20-12-15-34(31,32)17-20)21(28)16-27-22(29)24(25-23(27)30,18-8-4-2-5-9-18)19-10-6-3-7-11-19/h2-11,20H,12-17H2,1H3,(H,25,30)/t20-/m1/s1. The minimum atomic E-state index is -3.23. The van der Waals surface area contributed by atoms with E-state index in [1.807, 2.05) is 12.1 Å². The molecule has 0 saturated carbocycles. The van der Waals surface area contributed by atoms with Crippen molar-refractivity contribution in [1.82, 2.24) is 15.1 Å². The second kappa shape index (κ2) is 9.55. The highest BCUT2D eigenvalue weighted by Crippen LogP contribution is 2.36. The number of hydrogen-bond acceptors (Lipinski definition) is 6. The molecule has 34 heavy (non-hydrogen) atoms. The fourth-order valence-corrected chi connectivity index (χ4v) is 6.33. The highest BCUT2D eigenvalue weighted by molar-refractivity contribution is 7.91. The van der Waals surface area contributed by atoms with E-state index >= 15 is 0 Å². The van der Waals surface area contributed by atoms with Crippen molar-refractivity contribution in [3.63, 3.8) is 0 Å². The van der Waals surface area contributed by atoms with E-state index in [0.29, 0.717) is 17.5 Å². The van der Waals surface area contributed by atoms with Crippen LogP contribution in [0.4, 0.5) is 4.79 Å². The molecule has 2 aromatic carbocycles. The Kier molecular flexibility index (Phi) is 6.72. The molecule has 1 N–H and O–H groups in total. The minimum absolute atomic E-state index is 0.00266. The summed E-state index contributed by atoms with van der Waals surface area (Å²) in [6.07, 6.45) is 0.315. The maximum absolute atomic E-state index is 13.8. The summed E-state index contributed by atoms with van der Waals surface area (Å²) in [6.45, 7) is -0.117. The van der Waals surface area contributed by atoms with Gasteiger partial charge >= 0.3 is 6.03 Å². The summed E-state index contributed by atoms with van der Waals surface area (Å²) >= 11 is 0. The first-order valence-electron chi connectivity index (χ1n) is 11.0. The van der Waals surface area contributed by atoms with Crippen LogP contribution in [0.25, 0.3) is 0 Å². The third kappa shape index (κ3) is 4.43. The molecule has 9 nitrogen and oxygen atoms in total. The van der Waals surface area contributed by atoms with E-state index in [9.17, 15) is 22.8 Å². The number of imide groups is 1. The summed E-state index contributed by atoms with van der Waals surface area (Å²) in [7, 11) is -1.75. The Hall–Kier alpha value is -3.24. The lowest BCUT2D eigenvalue weighted by molar-refractivity contribution is -0.140. The Morgan fingerprint density at radius 2 is 1.68 bits per heavy atom. The number of hydrogen-bond donors (Lipinski definition) is 1. The normalized spacial score (nSPS) is 20.9. The Bertz CT molecular complexity index is 1130. The van der Waals surface area contributed by atoms with Gasteiger partial charge in [0.2, 0.25) is 5.91 Å². The summed E-state index contributed by atoms with van der Waals surface area (Å²) in [6, 6.07) is 16.6. The summed E-state index contributed by atoms with van der Waals surface area (Å²) in [4.78, 5) is 42.4. The molecule has 2 aliphatic rings. The maximum atomic E-state index is 13.8. The van der Waals surface area contributed by atoms with Crippen LogP contribution >= 0.6 is 0 Å². The van der Waals surface area contributed by atoms with Crippen molar-refractivity contribution in [2.75, 3.05) is 38.3 Å². The number of amides is 4. The van der Waals surface area contributed by atoms with Gasteiger partial charge in [0.25, 0.3) is 5.91 Å². The second-order valence-electron chi connectivity index (χ2n) is 8.44. The number of sulfone groups is 1. The van der Waals surface area contributed by atoms with Gasteiger partial charge in [-0.1, -0.05) is 60.7 Å². The van der Waals surface area contributed by atoms with Crippen molar-refractivity contribution in [3.8, 4) is 0 Å². The van der Waals surface area contributed by atoms with Gasteiger partial charge in [0.05, 0.1) is 18.1 Å². The first kappa shape index (κ1) is 23.9. The van der Waals surface area contributed by atoms with Crippen LogP contribution in [0.1, 0.15) is 17.5 Å². The molecular weight excluding hydrogens is 458 g/mol. The zero-order valence-electron chi connectivity index (χ0n) is 18.8. The van der Waals surface area contributed by atoms with E-state index in [1.165, 1.54) is 12.0 Å². The Morgan fingerprint density at radius 1 is 1.09 bits per heavy atom. The highest BCUT2D eigenvalue weighted by atomic mass is 32.2. The van der Waals surface area contributed by atoms with Gasteiger partial charge in [-0.3, -0.25) is 14.5 Å². The molecule has 0 spiro atoms. The van der Waals surface area contributed by atoms with Crippen LogP contribution in [-0.2, 0) is 29.7 Å². The van der Waals surface area contributed by atoms with Crippen LogP contribution in [0.5, 0.6) is 0 Å². The molecule has 2 heterocycles. The number of nitrogens with one attached hydrogen (secondary N) is 1. The van der Waals surface area contributed by atoms with Crippen LogP contribution < -0.4 is 5.32 Å². The van der Waals surface area contributed by atoms with Crippen molar-refractivity contribution < 1.29 is 27.5 Å². The first-order chi connectivity index (χ1) is 16.3. The molecule has 2 saturated heterocycles. The molecule has 2 aromatic rings. The van der Waals surface area contributed by atoms with Gasteiger partial charge in [0.15, 0.2) is 15.4 Å². The number of ether oxygens (including phenoxy) is 1. The molecule has 180 valence electrons. The zero-order chi connectivity index (χ0) is 24.3. The Morgan fingerprint density at radius 3 is 2.18 bits per heavy atom. The average molecular weight is 486 g/mol. The summed E-state index contributed by atoms with van der Waals surface area (Å²) in [5, 5.41) is 2.82. The van der Waals surface area contributed by atoms with E-state index in [2.05, 4.69) is 5.32 Å². The number of urea groups is 1. The van der Waals surface area contributed by atoms with E-state index < -0.39 is 45.8 Å². The van der Waals surface area contributed by atoms with Gasteiger partial charge in [-0.2, -0.15) is 0 Å². The first-order valence-corrected chi connectivity index (χ1v) is 12.8. The van der Waals surface area contributed by atoms with Gasteiger partial charge in [-0.15, -0.1) is 0 Å². The third-order valence-electron chi connectivity index (χ3n) is 6.32. The van der Waals surface area contributed by atoms with Crippen molar-refractivity contribution in [1.29, 1.82) is 0 Å². The number of nitrogens with zero attached hydrogens (tertiary/aromatic N) is 2. The van der Waals surface area contributed by atoms with Crippen LogP contribution in [0.15, 0.2) is 60.7 Å². The SMILES string of the molecule is COCCN(C(=O)CN1C(=O)NC(c2ccccc2)(c2ccccc2)C1=O)[C@@H]1CCS(=O)(=O)C1. The summed E-state index contributed by atoms with van der Waals surface area (Å²) in [5.74, 6) is -1.20. The molecule has 10 heteroatoms. The Labute approximate surface area is 198 Å². The molecule has 0 aromatic heterocycles. The third-order valence-corrected chi connectivity index (χ3v) is 8.07. The predicted octanol–water partition coefficient (Wildman–Crippen LogP) is 1.14. The van der Waals surface area contributed by atoms with Gasteiger partial charge in [-0.05, 0) is 17.5 Å². The van der Waals surface area contributed by atoms with Gasteiger partial charge in [0.1, 0.15) is 6.54 Å². The quantitative estimate of drug-likeness (QED) is 0.561. The van der Waals surface area contributed by atoms with Gasteiger partial charge in [0, 0.05) is 19.7 Å². The predicted molar refractivity (Wildman–Crippen MR) is 125 cm³/mol. The number of benzene rings is 2. The number of rotatable bonds is 8. The fourth-order valence-electron chi connectivity index (χ4n) is 4.60. The molecule has 0 radical (unpaired) electrons. The minimum Gasteiger partial charge on any atom is -0.383 e. The van der Waals surface area contributed by atoms with Crippen molar-refractivity contribution in [3.05, 3.63) is 71.8 Å². The number of carbonyl (C=O) groups is 3. The molecule has 4 rings (SSSR count). The van der Waals surface area contributed by atoms with Gasteiger partial charge < -0.3 is 15.0 Å². The van der Waals surface area contributed by atoms with E-state index in [4.69, 9.17) is 4.74 Å². The van der Waals surface area contributed by atoms with Crippen LogP contribution in [0.2, 0.25) is 0 Å². The molecule has 1 atom stereocenters. The molecule has 0 aliphatic carbocycles. The Balaban J connectivity index is 1.64. The van der Waals surface area contributed by atoms with Crippen molar-refractivity contribution in [2.45, 2.75) is 18.0 Å².